The summed E-state index contributed by atoms with van der Waals surface area (Å²) < 4.78 is 5.18. The predicted octanol–water partition coefficient (Wildman–Crippen LogP) is 3.08. The lowest BCUT2D eigenvalue weighted by atomic mass is 9.85. The second kappa shape index (κ2) is 7.46. The van der Waals surface area contributed by atoms with Crippen molar-refractivity contribution >= 4 is 6.09 Å². The molecule has 1 rings (SSSR count). The normalized spacial score (nSPS) is 12.0. The second-order valence-corrected chi connectivity index (χ2v) is 6.86. The summed E-state index contributed by atoms with van der Waals surface area (Å²) in [5.41, 5.74) is 0.914. The van der Waals surface area contributed by atoms with E-state index in [9.17, 15) is 4.79 Å². The van der Waals surface area contributed by atoms with Gasteiger partial charge in [0.15, 0.2) is 0 Å². The van der Waals surface area contributed by atoms with Crippen molar-refractivity contribution in [1.82, 2.24) is 10.6 Å². The molecule has 1 amide bonds. The third-order valence-corrected chi connectivity index (χ3v) is 3.09. The lowest BCUT2D eigenvalue weighted by Gasteiger charge is -2.26. The van der Waals surface area contributed by atoms with Crippen molar-refractivity contribution in [2.24, 2.45) is 0 Å². The summed E-state index contributed by atoms with van der Waals surface area (Å²) in [5.74, 6) is 0. The predicted molar refractivity (Wildman–Crippen MR) is 86.6 cm³/mol. The van der Waals surface area contributed by atoms with Crippen molar-refractivity contribution in [2.45, 2.75) is 45.6 Å². The smallest absolute Gasteiger partial charge is 0.407 e. The van der Waals surface area contributed by atoms with Crippen LogP contribution < -0.4 is 10.6 Å². The minimum atomic E-state index is -0.452. The second-order valence-electron chi connectivity index (χ2n) is 6.86. The molecular weight excluding hydrogens is 264 g/mol. The number of benzene rings is 1. The van der Waals surface area contributed by atoms with Crippen molar-refractivity contribution in [3.05, 3.63) is 35.9 Å². The molecule has 0 bridgehead atoms. The highest BCUT2D eigenvalue weighted by molar-refractivity contribution is 5.67. The van der Waals surface area contributed by atoms with Gasteiger partial charge in [0.2, 0.25) is 0 Å². The molecule has 0 spiro atoms. The van der Waals surface area contributed by atoms with E-state index in [2.05, 4.69) is 48.7 Å². The van der Waals surface area contributed by atoms with Gasteiger partial charge in [0.05, 0.1) is 0 Å². The van der Waals surface area contributed by atoms with Crippen molar-refractivity contribution in [2.75, 3.05) is 19.6 Å². The van der Waals surface area contributed by atoms with E-state index in [0.29, 0.717) is 6.54 Å². The number of carbonyl (C=O) groups is 1. The van der Waals surface area contributed by atoms with Crippen LogP contribution in [0, 0.1) is 0 Å². The Morgan fingerprint density at radius 2 is 1.67 bits per heavy atom. The molecule has 2 N–H and O–H groups in total. The molecule has 4 heteroatoms. The quantitative estimate of drug-likeness (QED) is 0.792. The van der Waals surface area contributed by atoms with Crippen molar-refractivity contribution < 1.29 is 9.53 Å². The Hall–Kier alpha value is -1.55. The first kappa shape index (κ1) is 17.5. The molecule has 0 aromatic heterocycles. The molecule has 0 aliphatic heterocycles. The monoisotopic (exact) mass is 292 g/mol. The highest BCUT2D eigenvalue weighted by Gasteiger charge is 2.19. The Morgan fingerprint density at radius 3 is 2.24 bits per heavy atom. The van der Waals surface area contributed by atoms with Gasteiger partial charge >= 0.3 is 6.09 Å². The molecular formula is C17H28N2O2. The number of hydrogen-bond acceptors (Lipinski definition) is 3. The molecule has 1 aromatic carbocycles. The van der Waals surface area contributed by atoms with E-state index >= 15 is 0 Å². The minimum absolute atomic E-state index is 0.0627. The summed E-state index contributed by atoms with van der Waals surface area (Å²) in [6.45, 7) is 12.1. The summed E-state index contributed by atoms with van der Waals surface area (Å²) >= 11 is 0. The summed E-state index contributed by atoms with van der Waals surface area (Å²) in [5, 5.41) is 6.11. The first-order chi connectivity index (χ1) is 9.71. The molecule has 0 aliphatic rings. The van der Waals surface area contributed by atoms with E-state index in [0.717, 1.165) is 13.1 Å². The van der Waals surface area contributed by atoms with Crippen LogP contribution in [0.1, 0.15) is 40.2 Å². The molecule has 0 heterocycles. The average Bonchev–Trinajstić information content (AvgIpc) is 2.37. The highest BCUT2D eigenvalue weighted by atomic mass is 16.6. The van der Waals surface area contributed by atoms with Gasteiger partial charge in [0.25, 0.3) is 0 Å². The van der Waals surface area contributed by atoms with Crippen molar-refractivity contribution in [3.8, 4) is 0 Å². The molecule has 1 aromatic rings. The SMILES string of the molecule is CC(C)(C)OC(=O)NCCNCC(C)(C)c1ccccc1. The van der Waals surface area contributed by atoms with Crippen LogP contribution in [0.25, 0.3) is 0 Å². The van der Waals surface area contributed by atoms with Crippen LogP contribution in [0.15, 0.2) is 30.3 Å². The molecule has 0 saturated heterocycles. The summed E-state index contributed by atoms with van der Waals surface area (Å²) in [6, 6.07) is 10.4. The fourth-order valence-corrected chi connectivity index (χ4v) is 1.96. The minimum Gasteiger partial charge on any atom is -0.444 e. The number of rotatable bonds is 6. The van der Waals surface area contributed by atoms with Crippen LogP contribution in [0.4, 0.5) is 4.79 Å². The molecule has 0 unspecified atom stereocenters. The lowest BCUT2D eigenvalue weighted by Crippen LogP contribution is -2.39. The lowest BCUT2D eigenvalue weighted by molar-refractivity contribution is 0.0528. The fraction of sp³-hybridized carbons (Fsp3) is 0.588. The Labute approximate surface area is 128 Å². The van der Waals surface area contributed by atoms with E-state index in [1.165, 1.54) is 5.56 Å². The molecule has 0 atom stereocenters. The van der Waals surface area contributed by atoms with Crippen LogP contribution in [-0.2, 0) is 10.2 Å². The van der Waals surface area contributed by atoms with Crippen LogP contribution in [-0.4, -0.2) is 31.3 Å². The fourth-order valence-electron chi connectivity index (χ4n) is 1.96. The third kappa shape index (κ3) is 7.14. The summed E-state index contributed by atoms with van der Waals surface area (Å²) in [6.07, 6.45) is -0.369. The zero-order valence-corrected chi connectivity index (χ0v) is 13.8. The van der Waals surface area contributed by atoms with Crippen LogP contribution >= 0.6 is 0 Å². The Morgan fingerprint density at radius 1 is 1.05 bits per heavy atom. The number of alkyl carbamates (subject to hydrolysis) is 1. The van der Waals surface area contributed by atoms with Crippen LogP contribution in [0.2, 0.25) is 0 Å². The molecule has 0 aliphatic carbocycles. The standard InChI is InChI=1S/C17H28N2O2/c1-16(2,3)21-15(20)19-12-11-18-13-17(4,5)14-9-7-6-8-10-14/h6-10,18H,11-13H2,1-5H3,(H,19,20). The van der Waals surface area contributed by atoms with Gasteiger partial charge in [-0.2, -0.15) is 0 Å². The number of nitrogens with one attached hydrogen (secondary N) is 2. The van der Waals surface area contributed by atoms with E-state index in [4.69, 9.17) is 4.74 Å². The zero-order valence-electron chi connectivity index (χ0n) is 13.8. The number of ether oxygens (including phenoxy) is 1. The van der Waals surface area contributed by atoms with Gasteiger partial charge in [-0.25, -0.2) is 4.79 Å². The third-order valence-electron chi connectivity index (χ3n) is 3.09. The van der Waals surface area contributed by atoms with Crippen molar-refractivity contribution in [3.63, 3.8) is 0 Å². The maximum atomic E-state index is 11.5. The Bertz CT molecular complexity index is 436. The van der Waals surface area contributed by atoms with Gasteiger partial charge in [0, 0.05) is 25.0 Å². The highest BCUT2D eigenvalue weighted by Crippen LogP contribution is 2.21. The molecule has 4 nitrogen and oxygen atoms in total. The zero-order chi connectivity index (χ0) is 15.9. The summed E-state index contributed by atoms with van der Waals surface area (Å²) in [4.78, 5) is 11.5. The van der Waals surface area contributed by atoms with Gasteiger partial charge in [-0.3, -0.25) is 0 Å². The van der Waals surface area contributed by atoms with E-state index in [1.807, 2.05) is 26.8 Å². The summed E-state index contributed by atoms with van der Waals surface area (Å²) in [7, 11) is 0. The first-order valence-electron chi connectivity index (χ1n) is 7.44. The topological polar surface area (TPSA) is 50.4 Å². The van der Waals surface area contributed by atoms with Crippen LogP contribution in [0.3, 0.4) is 0 Å². The van der Waals surface area contributed by atoms with Gasteiger partial charge < -0.3 is 15.4 Å². The largest absolute Gasteiger partial charge is 0.444 e. The molecule has 0 saturated carbocycles. The van der Waals surface area contributed by atoms with Gasteiger partial charge in [0.1, 0.15) is 5.60 Å². The van der Waals surface area contributed by atoms with E-state index in [1.54, 1.807) is 0 Å². The molecule has 21 heavy (non-hydrogen) atoms. The van der Waals surface area contributed by atoms with Gasteiger partial charge in [-0.05, 0) is 26.3 Å². The number of carbonyl (C=O) groups excluding carboxylic acids is 1. The van der Waals surface area contributed by atoms with Crippen molar-refractivity contribution in [1.29, 1.82) is 0 Å². The average molecular weight is 292 g/mol. The molecule has 0 radical (unpaired) electrons. The maximum Gasteiger partial charge on any atom is 0.407 e. The van der Waals surface area contributed by atoms with E-state index in [-0.39, 0.29) is 11.5 Å². The molecule has 0 fully saturated rings. The first-order valence-corrected chi connectivity index (χ1v) is 7.44. The molecule has 118 valence electrons. The maximum absolute atomic E-state index is 11.5. The number of hydrogen-bond donors (Lipinski definition) is 2. The van der Waals surface area contributed by atoms with E-state index < -0.39 is 5.60 Å². The Kier molecular flexibility index (Phi) is 6.21. The van der Waals surface area contributed by atoms with Gasteiger partial charge in [-0.15, -0.1) is 0 Å². The van der Waals surface area contributed by atoms with Crippen LogP contribution in [0.5, 0.6) is 0 Å². The van der Waals surface area contributed by atoms with Gasteiger partial charge in [-0.1, -0.05) is 44.2 Å². The number of amides is 1. The Balaban J connectivity index is 2.24.